The van der Waals surface area contributed by atoms with Crippen LogP contribution in [-0.2, 0) is 0 Å². The molecule has 1 aliphatic rings. The zero-order chi connectivity index (χ0) is 12.0. The summed E-state index contributed by atoms with van der Waals surface area (Å²) in [6.07, 6.45) is 3.84. The fraction of sp³-hybridized carbons (Fsp3) is 0.333. The number of thioether (sulfide) groups is 1. The van der Waals surface area contributed by atoms with Gasteiger partial charge in [0.1, 0.15) is 11.2 Å². The molecular weight excluding hydrogens is 239 g/mol. The summed E-state index contributed by atoms with van der Waals surface area (Å²) in [5, 5.41) is 0.785. The van der Waals surface area contributed by atoms with E-state index in [9.17, 15) is 9.18 Å². The van der Waals surface area contributed by atoms with Crippen LogP contribution in [-0.4, -0.2) is 15.8 Å². The van der Waals surface area contributed by atoms with Gasteiger partial charge in [-0.2, -0.15) is 0 Å². The number of aromatic nitrogens is 2. The van der Waals surface area contributed by atoms with Crippen molar-refractivity contribution in [2.45, 2.75) is 24.0 Å². The van der Waals surface area contributed by atoms with Crippen molar-refractivity contribution in [3.8, 4) is 0 Å². The minimum Gasteiger partial charge on any atom is -0.284 e. The van der Waals surface area contributed by atoms with Crippen LogP contribution >= 0.6 is 11.8 Å². The molecule has 3 nitrogen and oxygen atoms in total. The summed E-state index contributed by atoms with van der Waals surface area (Å²) in [5.41, 5.74) is 0.191. The maximum absolute atomic E-state index is 13.7. The quantitative estimate of drug-likeness (QED) is 0.607. The lowest BCUT2D eigenvalue weighted by atomic mass is 10.2. The summed E-state index contributed by atoms with van der Waals surface area (Å²) in [6.45, 7) is 0. The van der Waals surface area contributed by atoms with Crippen LogP contribution in [0.25, 0.3) is 10.9 Å². The van der Waals surface area contributed by atoms with Gasteiger partial charge in [0.2, 0.25) is 0 Å². The minimum atomic E-state index is -0.484. The SMILES string of the molecule is CSc1nc2cccc(F)c2c(=O)n1C1CC1. The van der Waals surface area contributed by atoms with Gasteiger partial charge in [-0.25, -0.2) is 9.37 Å². The molecule has 0 amide bonds. The third-order valence-electron chi connectivity index (χ3n) is 2.94. The van der Waals surface area contributed by atoms with Gasteiger partial charge in [0, 0.05) is 6.04 Å². The van der Waals surface area contributed by atoms with E-state index in [0.717, 1.165) is 12.8 Å². The van der Waals surface area contributed by atoms with Gasteiger partial charge in [0.25, 0.3) is 5.56 Å². The van der Waals surface area contributed by atoms with E-state index in [0.29, 0.717) is 10.7 Å². The first-order valence-electron chi connectivity index (χ1n) is 5.47. The first-order chi connectivity index (χ1) is 8.22. The van der Waals surface area contributed by atoms with E-state index in [2.05, 4.69) is 4.98 Å². The third kappa shape index (κ3) is 1.65. The molecule has 88 valence electrons. The first-order valence-corrected chi connectivity index (χ1v) is 6.69. The second-order valence-electron chi connectivity index (χ2n) is 4.14. The molecule has 0 radical (unpaired) electrons. The van der Waals surface area contributed by atoms with Crippen molar-refractivity contribution in [3.05, 3.63) is 34.4 Å². The Kier molecular flexibility index (Phi) is 2.43. The molecule has 1 saturated carbocycles. The van der Waals surface area contributed by atoms with Gasteiger partial charge >= 0.3 is 0 Å². The van der Waals surface area contributed by atoms with E-state index >= 15 is 0 Å². The summed E-state index contributed by atoms with van der Waals surface area (Å²) < 4.78 is 15.3. The van der Waals surface area contributed by atoms with Gasteiger partial charge in [0.15, 0.2) is 5.16 Å². The van der Waals surface area contributed by atoms with Crippen LogP contribution in [0.15, 0.2) is 28.2 Å². The van der Waals surface area contributed by atoms with Crippen LogP contribution in [0.4, 0.5) is 4.39 Å². The number of hydrogen-bond donors (Lipinski definition) is 0. The van der Waals surface area contributed by atoms with E-state index in [1.165, 1.54) is 17.8 Å². The molecule has 1 heterocycles. The lowest BCUT2D eigenvalue weighted by Gasteiger charge is -2.10. The standard InChI is InChI=1S/C12H11FN2OS/c1-17-12-14-9-4-2-3-8(13)10(9)11(16)15(12)7-5-6-7/h2-4,7H,5-6H2,1H3. The van der Waals surface area contributed by atoms with Crippen molar-refractivity contribution in [3.63, 3.8) is 0 Å². The highest BCUT2D eigenvalue weighted by molar-refractivity contribution is 7.98. The highest BCUT2D eigenvalue weighted by Gasteiger charge is 2.28. The van der Waals surface area contributed by atoms with Gasteiger partial charge in [-0.05, 0) is 31.2 Å². The Morgan fingerprint density at radius 3 is 2.88 bits per heavy atom. The zero-order valence-electron chi connectivity index (χ0n) is 9.31. The van der Waals surface area contributed by atoms with Gasteiger partial charge in [-0.3, -0.25) is 9.36 Å². The van der Waals surface area contributed by atoms with E-state index in [-0.39, 0.29) is 17.0 Å². The molecular formula is C12H11FN2OS. The van der Waals surface area contributed by atoms with Crippen molar-refractivity contribution in [2.75, 3.05) is 6.26 Å². The van der Waals surface area contributed by atoms with E-state index < -0.39 is 5.82 Å². The Morgan fingerprint density at radius 1 is 1.47 bits per heavy atom. The maximum Gasteiger partial charge on any atom is 0.265 e. The van der Waals surface area contributed by atoms with Gasteiger partial charge < -0.3 is 0 Å². The molecule has 0 bridgehead atoms. The largest absolute Gasteiger partial charge is 0.284 e. The molecule has 0 unspecified atom stereocenters. The molecule has 1 fully saturated rings. The summed E-state index contributed by atoms with van der Waals surface area (Å²) in [7, 11) is 0. The van der Waals surface area contributed by atoms with Gasteiger partial charge in [-0.1, -0.05) is 17.8 Å². The Labute approximate surface area is 102 Å². The fourth-order valence-electron chi connectivity index (χ4n) is 1.98. The number of nitrogens with zero attached hydrogens (tertiary/aromatic N) is 2. The Bertz CT molecular complexity index is 649. The van der Waals surface area contributed by atoms with Crippen molar-refractivity contribution in [2.24, 2.45) is 0 Å². The lowest BCUT2D eigenvalue weighted by molar-refractivity contribution is 0.603. The molecule has 0 atom stereocenters. The van der Waals surface area contributed by atoms with Crippen molar-refractivity contribution in [1.29, 1.82) is 0 Å². The summed E-state index contributed by atoms with van der Waals surface area (Å²) in [5.74, 6) is -0.484. The summed E-state index contributed by atoms with van der Waals surface area (Å²) >= 11 is 1.43. The minimum absolute atomic E-state index is 0.109. The molecule has 5 heteroatoms. The highest BCUT2D eigenvalue weighted by Crippen LogP contribution is 2.36. The van der Waals surface area contributed by atoms with Gasteiger partial charge in [0.05, 0.1) is 5.52 Å². The van der Waals surface area contributed by atoms with Crippen LogP contribution in [0.2, 0.25) is 0 Å². The maximum atomic E-state index is 13.7. The average molecular weight is 250 g/mol. The molecule has 0 saturated heterocycles. The molecule has 0 aliphatic heterocycles. The van der Waals surface area contributed by atoms with Crippen LogP contribution < -0.4 is 5.56 Å². The number of benzene rings is 1. The Balaban J connectivity index is 2.42. The lowest BCUT2D eigenvalue weighted by Crippen LogP contribution is -2.23. The molecule has 1 aliphatic carbocycles. The molecule has 1 aromatic heterocycles. The second-order valence-corrected chi connectivity index (χ2v) is 4.91. The van der Waals surface area contributed by atoms with Crippen molar-refractivity contribution < 1.29 is 4.39 Å². The Hall–Kier alpha value is -1.36. The van der Waals surface area contributed by atoms with Crippen LogP contribution in [0.3, 0.4) is 0 Å². The highest BCUT2D eigenvalue weighted by atomic mass is 32.2. The molecule has 3 rings (SSSR count). The van der Waals surface area contributed by atoms with E-state index in [1.54, 1.807) is 16.7 Å². The third-order valence-corrected chi connectivity index (χ3v) is 3.59. The van der Waals surface area contributed by atoms with E-state index in [1.807, 2.05) is 6.26 Å². The first kappa shape index (κ1) is 10.8. The topological polar surface area (TPSA) is 34.9 Å². The number of halogens is 1. The second kappa shape index (κ2) is 3.84. The van der Waals surface area contributed by atoms with E-state index in [4.69, 9.17) is 0 Å². The smallest absolute Gasteiger partial charge is 0.265 e. The normalized spacial score (nSPS) is 15.4. The molecule has 0 spiro atoms. The van der Waals surface area contributed by atoms with Crippen LogP contribution in [0.1, 0.15) is 18.9 Å². The fourth-order valence-corrected chi connectivity index (χ4v) is 2.60. The van der Waals surface area contributed by atoms with Crippen LogP contribution in [0.5, 0.6) is 0 Å². The summed E-state index contributed by atoms with van der Waals surface area (Å²) in [4.78, 5) is 16.6. The zero-order valence-corrected chi connectivity index (χ0v) is 10.1. The molecule has 0 N–H and O–H groups in total. The number of hydrogen-bond acceptors (Lipinski definition) is 3. The predicted octanol–water partition coefficient (Wildman–Crippen LogP) is 2.59. The summed E-state index contributed by atoms with van der Waals surface area (Å²) in [6, 6.07) is 4.77. The van der Waals surface area contributed by atoms with Crippen LogP contribution in [0, 0.1) is 5.82 Å². The Morgan fingerprint density at radius 2 is 2.24 bits per heavy atom. The van der Waals surface area contributed by atoms with Crippen molar-refractivity contribution in [1.82, 2.24) is 9.55 Å². The van der Waals surface area contributed by atoms with Crippen molar-refractivity contribution >= 4 is 22.7 Å². The monoisotopic (exact) mass is 250 g/mol. The van der Waals surface area contributed by atoms with Gasteiger partial charge in [-0.15, -0.1) is 0 Å². The molecule has 17 heavy (non-hydrogen) atoms. The number of fused-ring (bicyclic) bond motifs is 1. The average Bonchev–Trinajstić information content (AvgIpc) is 3.12. The number of rotatable bonds is 2. The molecule has 1 aromatic carbocycles. The molecule has 2 aromatic rings. The predicted molar refractivity (Wildman–Crippen MR) is 66.0 cm³/mol.